The van der Waals surface area contributed by atoms with Gasteiger partial charge in [-0.15, -0.1) is 0 Å². The Balaban J connectivity index is 0. The summed E-state index contributed by atoms with van der Waals surface area (Å²) in [6.45, 7) is 8.06. The maximum Gasteiger partial charge on any atom is 0.0779 e. The van der Waals surface area contributed by atoms with Crippen LogP contribution in [0.4, 0.5) is 0 Å². The van der Waals surface area contributed by atoms with Crippen LogP contribution in [-0.4, -0.2) is 35.6 Å². The van der Waals surface area contributed by atoms with Crippen molar-refractivity contribution in [1.82, 2.24) is 0 Å². The highest BCUT2D eigenvalue weighted by molar-refractivity contribution is 4.47. The van der Waals surface area contributed by atoms with Crippen molar-refractivity contribution in [2.45, 2.75) is 52.7 Å². The highest BCUT2D eigenvalue weighted by Gasteiger charge is 2.00. The quantitative estimate of drug-likeness (QED) is 0.695. The Morgan fingerprint density at radius 2 is 1.62 bits per heavy atom. The molecule has 3 heteroatoms. The molecule has 0 amide bonds. The van der Waals surface area contributed by atoms with Crippen LogP contribution in [0.2, 0.25) is 0 Å². The third-order valence-electron chi connectivity index (χ3n) is 1.38. The smallest absolute Gasteiger partial charge is 0.0779 e. The summed E-state index contributed by atoms with van der Waals surface area (Å²) in [6.07, 6.45) is 2.03. The molecule has 2 atom stereocenters. The number of unbranched alkanes of at least 4 members (excludes halogenated alkanes) is 1. The minimum atomic E-state index is -0.445. The number of hydrogen-bond donors (Lipinski definition) is 2. The third kappa shape index (κ3) is 18.7. The number of aliphatic hydroxyl groups excluding tert-OH is 2. The van der Waals surface area contributed by atoms with E-state index in [1.54, 1.807) is 13.8 Å². The largest absolute Gasteiger partial charge is 0.394 e. The second-order valence-corrected chi connectivity index (χ2v) is 3.18. The van der Waals surface area contributed by atoms with Gasteiger partial charge in [0, 0.05) is 0 Å². The zero-order chi connectivity index (χ0) is 10.7. The van der Waals surface area contributed by atoms with Crippen molar-refractivity contribution in [2.75, 3.05) is 13.2 Å². The molecule has 0 saturated heterocycles. The van der Waals surface area contributed by atoms with E-state index >= 15 is 0 Å². The van der Waals surface area contributed by atoms with Crippen molar-refractivity contribution in [3.63, 3.8) is 0 Å². The first kappa shape index (κ1) is 15.4. The summed E-state index contributed by atoms with van der Waals surface area (Å²) >= 11 is 0. The van der Waals surface area contributed by atoms with Crippen molar-refractivity contribution in [3.05, 3.63) is 0 Å². The highest BCUT2D eigenvalue weighted by atomic mass is 16.5. The summed E-state index contributed by atoms with van der Waals surface area (Å²) in [5, 5.41) is 17.1. The molecule has 2 N–H and O–H groups in total. The van der Waals surface area contributed by atoms with Crippen molar-refractivity contribution in [2.24, 2.45) is 0 Å². The van der Waals surface area contributed by atoms with Crippen LogP contribution < -0.4 is 0 Å². The zero-order valence-electron chi connectivity index (χ0n) is 9.29. The number of ether oxygens (including phenoxy) is 1. The maximum atomic E-state index is 8.69. The van der Waals surface area contributed by atoms with Gasteiger partial charge in [0.2, 0.25) is 0 Å². The molecule has 82 valence electrons. The predicted octanol–water partition coefficient (Wildman–Crippen LogP) is 1.57. The molecule has 0 aromatic carbocycles. The minimum absolute atomic E-state index is 0.00667. The number of rotatable bonds is 5. The first-order valence-electron chi connectivity index (χ1n) is 4.98. The number of aliphatic hydroxyl groups is 2. The van der Waals surface area contributed by atoms with Gasteiger partial charge in [-0.3, -0.25) is 0 Å². The van der Waals surface area contributed by atoms with Gasteiger partial charge in [-0.05, 0) is 13.8 Å². The van der Waals surface area contributed by atoms with E-state index in [9.17, 15) is 0 Å². The monoisotopic (exact) mass is 192 g/mol. The fraction of sp³-hybridized carbons (Fsp3) is 1.00. The SMILES string of the molecule is CC(O)COC(C)CO.CCCC. The van der Waals surface area contributed by atoms with Crippen LogP contribution in [-0.2, 0) is 4.74 Å². The Labute approximate surface area is 81.7 Å². The maximum absolute atomic E-state index is 8.69. The average Bonchev–Trinajstić information content (AvgIpc) is 2.14. The van der Waals surface area contributed by atoms with Crippen LogP contribution >= 0.6 is 0 Å². The summed E-state index contributed by atoms with van der Waals surface area (Å²) in [7, 11) is 0. The van der Waals surface area contributed by atoms with Crippen molar-refractivity contribution in [1.29, 1.82) is 0 Å². The van der Waals surface area contributed by atoms with Crippen LogP contribution in [0.3, 0.4) is 0 Å². The van der Waals surface area contributed by atoms with Gasteiger partial charge in [0.05, 0.1) is 25.4 Å². The second-order valence-electron chi connectivity index (χ2n) is 3.18. The molecular formula is C10H24O3. The van der Waals surface area contributed by atoms with E-state index in [2.05, 4.69) is 13.8 Å². The molecule has 0 aromatic rings. The predicted molar refractivity (Wildman–Crippen MR) is 54.8 cm³/mol. The number of hydrogen-bond acceptors (Lipinski definition) is 3. The molecule has 0 aliphatic rings. The topological polar surface area (TPSA) is 49.7 Å². The Morgan fingerprint density at radius 3 is 1.85 bits per heavy atom. The first-order valence-corrected chi connectivity index (χ1v) is 4.98. The second kappa shape index (κ2) is 11.9. The lowest BCUT2D eigenvalue weighted by atomic mass is 10.4. The summed E-state index contributed by atoms with van der Waals surface area (Å²) in [4.78, 5) is 0. The molecule has 3 nitrogen and oxygen atoms in total. The van der Waals surface area contributed by atoms with Crippen molar-refractivity contribution >= 4 is 0 Å². The molecule has 0 aliphatic heterocycles. The van der Waals surface area contributed by atoms with Crippen LogP contribution in [0.15, 0.2) is 0 Å². The zero-order valence-corrected chi connectivity index (χ0v) is 9.29. The first-order chi connectivity index (χ1) is 6.08. The molecule has 0 aliphatic carbocycles. The molecule has 0 spiro atoms. The molecule has 0 heterocycles. The standard InChI is InChI=1S/C6H14O3.C4H10/c1-5(8)4-9-6(2)3-7;1-3-4-2/h5-8H,3-4H2,1-2H3;3-4H2,1-2H3. The van der Waals surface area contributed by atoms with E-state index in [4.69, 9.17) is 14.9 Å². The van der Waals surface area contributed by atoms with E-state index in [-0.39, 0.29) is 12.7 Å². The molecule has 0 aromatic heterocycles. The van der Waals surface area contributed by atoms with Crippen LogP contribution in [0.5, 0.6) is 0 Å². The van der Waals surface area contributed by atoms with Crippen molar-refractivity contribution in [3.8, 4) is 0 Å². The van der Waals surface area contributed by atoms with Gasteiger partial charge in [0.25, 0.3) is 0 Å². The molecule has 13 heavy (non-hydrogen) atoms. The van der Waals surface area contributed by atoms with Gasteiger partial charge in [0.1, 0.15) is 0 Å². The lowest BCUT2D eigenvalue weighted by Crippen LogP contribution is -2.19. The Kier molecular flexibility index (Phi) is 14.0. The molecular weight excluding hydrogens is 168 g/mol. The molecule has 2 unspecified atom stereocenters. The average molecular weight is 192 g/mol. The lowest BCUT2D eigenvalue weighted by Gasteiger charge is -2.10. The van der Waals surface area contributed by atoms with Gasteiger partial charge in [-0.2, -0.15) is 0 Å². The summed E-state index contributed by atoms with van der Waals surface area (Å²) in [5.74, 6) is 0. The van der Waals surface area contributed by atoms with Gasteiger partial charge < -0.3 is 14.9 Å². The van der Waals surface area contributed by atoms with E-state index < -0.39 is 6.10 Å². The lowest BCUT2D eigenvalue weighted by molar-refractivity contribution is -0.0177. The van der Waals surface area contributed by atoms with Gasteiger partial charge in [-0.25, -0.2) is 0 Å². The van der Waals surface area contributed by atoms with Gasteiger partial charge in [-0.1, -0.05) is 26.7 Å². The van der Waals surface area contributed by atoms with Crippen LogP contribution in [0, 0.1) is 0 Å². The minimum Gasteiger partial charge on any atom is -0.394 e. The van der Waals surface area contributed by atoms with E-state index in [0.717, 1.165) is 0 Å². The molecule has 0 radical (unpaired) electrons. The fourth-order valence-corrected chi connectivity index (χ4v) is 0.356. The van der Waals surface area contributed by atoms with Gasteiger partial charge >= 0.3 is 0 Å². The van der Waals surface area contributed by atoms with Crippen LogP contribution in [0.25, 0.3) is 0 Å². The summed E-state index contributed by atoms with van der Waals surface area (Å²) < 4.78 is 4.95. The van der Waals surface area contributed by atoms with E-state index in [1.165, 1.54) is 12.8 Å². The molecule has 0 bridgehead atoms. The van der Waals surface area contributed by atoms with Crippen LogP contribution in [0.1, 0.15) is 40.5 Å². The van der Waals surface area contributed by atoms with Gasteiger partial charge in [0.15, 0.2) is 0 Å². The summed E-state index contributed by atoms with van der Waals surface area (Å²) in [6, 6.07) is 0. The molecule has 0 saturated carbocycles. The fourth-order valence-electron chi connectivity index (χ4n) is 0.356. The Bertz CT molecular complexity index is 82.2. The normalized spacial score (nSPS) is 14.3. The van der Waals surface area contributed by atoms with Crippen molar-refractivity contribution < 1.29 is 14.9 Å². The molecule has 0 fully saturated rings. The third-order valence-corrected chi connectivity index (χ3v) is 1.38. The highest BCUT2D eigenvalue weighted by Crippen LogP contribution is 1.90. The summed E-state index contributed by atoms with van der Waals surface area (Å²) in [5.41, 5.74) is 0. The Morgan fingerprint density at radius 1 is 1.15 bits per heavy atom. The molecule has 0 rings (SSSR count). The van der Waals surface area contributed by atoms with E-state index in [0.29, 0.717) is 6.61 Å². The Hall–Kier alpha value is -0.120. The van der Waals surface area contributed by atoms with E-state index in [1.807, 2.05) is 0 Å².